The molecule has 0 radical (unpaired) electrons. The average Bonchev–Trinajstić information content (AvgIpc) is 2.95. The predicted octanol–water partition coefficient (Wildman–Crippen LogP) is 5.71. The van der Waals surface area contributed by atoms with Gasteiger partial charge < -0.3 is 10.2 Å². The number of aliphatic hydroxyl groups is 2. The van der Waals surface area contributed by atoms with Gasteiger partial charge in [0.2, 0.25) is 0 Å². The van der Waals surface area contributed by atoms with Gasteiger partial charge in [0.1, 0.15) is 29.9 Å². The molecule has 0 bridgehead atoms. The van der Waals surface area contributed by atoms with E-state index in [4.69, 9.17) is 9.98 Å². The molecule has 0 atom stereocenters. The number of benzene rings is 2. The first-order chi connectivity index (χ1) is 17.7. The number of aliphatic hydroxyl groups excluding tert-OH is 2. The second kappa shape index (κ2) is 12.0. The summed E-state index contributed by atoms with van der Waals surface area (Å²) >= 11 is 2.93. The van der Waals surface area contributed by atoms with Gasteiger partial charge in [0.15, 0.2) is 0 Å². The summed E-state index contributed by atoms with van der Waals surface area (Å²) < 4.78 is 3.06. The van der Waals surface area contributed by atoms with E-state index in [9.17, 15) is 10.2 Å². The Labute approximate surface area is 220 Å². The van der Waals surface area contributed by atoms with Gasteiger partial charge in [-0.3, -0.25) is 9.98 Å². The zero-order valence-corrected chi connectivity index (χ0v) is 22.2. The third kappa shape index (κ3) is 5.98. The maximum atomic E-state index is 11.4. The van der Waals surface area contributed by atoms with E-state index in [1.54, 1.807) is 0 Å². The molecule has 2 aliphatic carbocycles. The summed E-state index contributed by atoms with van der Waals surface area (Å²) in [6.45, 7) is 0. The van der Waals surface area contributed by atoms with E-state index >= 15 is 0 Å². The molecule has 1 aromatic heterocycles. The van der Waals surface area contributed by atoms with Crippen LogP contribution in [0, 0.1) is 0 Å². The molecule has 2 N–H and O–H groups in total. The lowest BCUT2D eigenvalue weighted by Gasteiger charge is -2.17. The first kappa shape index (κ1) is 25.0. The lowest BCUT2D eigenvalue weighted by atomic mass is 9.96. The van der Waals surface area contributed by atoms with E-state index in [0.29, 0.717) is 0 Å². The molecule has 2 aromatic carbocycles. The summed E-state index contributed by atoms with van der Waals surface area (Å²) in [5.74, 6) is 0.467. The molecule has 36 heavy (non-hydrogen) atoms. The van der Waals surface area contributed by atoms with Crippen LogP contribution in [0.25, 0.3) is 11.5 Å². The van der Waals surface area contributed by atoms with Gasteiger partial charge in [0.25, 0.3) is 0 Å². The fourth-order valence-corrected chi connectivity index (χ4v) is 7.43. The van der Waals surface area contributed by atoms with Crippen LogP contribution in [-0.2, 0) is 0 Å². The minimum Gasteiger partial charge on any atom is -0.506 e. The summed E-state index contributed by atoms with van der Waals surface area (Å²) in [5, 5.41) is 22.9. The van der Waals surface area contributed by atoms with Gasteiger partial charge in [-0.05, 0) is 25.7 Å². The lowest BCUT2D eigenvalue weighted by molar-refractivity contribution is 0.437. The third-order valence-electron chi connectivity index (χ3n) is 7.06. The Morgan fingerprint density at radius 1 is 0.556 bits per heavy atom. The number of hydrogen-bond acceptors (Lipinski definition) is 6. The number of rotatable bonds is 4. The molecule has 0 unspecified atom stereocenters. The summed E-state index contributed by atoms with van der Waals surface area (Å²) in [5.41, 5.74) is 1.54. The summed E-state index contributed by atoms with van der Waals surface area (Å²) in [4.78, 5) is 10.3. The van der Waals surface area contributed by atoms with Crippen LogP contribution >= 0.6 is 22.7 Å². The highest BCUT2D eigenvalue weighted by atomic mass is 32.1. The highest BCUT2D eigenvalue weighted by Crippen LogP contribution is 2.21. The maximum absolute atomic E-state index is 11.4. The van der Waals surface area contributed by atoms with Crippen molar-refractivity contribution in [3.8, 4) is 0 Å². The zero-order valence-electron chi connectivity index (χ0n) is 20.6. The van der Waals surface area contributed by atoms with Gasteiger partial charge in [-0.15, -0.1) is 22.7 Å². The Morgan fingerprint density at radius 3 is 1.28 bits per heavy atom. The van der Waals surface area contributed by atoms with Gasteiger partial charge in [0, 0.05) is 11.1 Å². The fraction of sp³-hybridized carbons (Fsp3) is 0.400. The molecule has 4 nitrogen and oxygen atoms in total. The Balaban J connectivity index is 1.83. The Bertz CT molecular complexity index is 1300. The van der Waals surface area contributed by atoms with E-state index in [1.165, 1.54) is 61.2 Å². The quantitative estimate of drug-likeness (QED) is 0.465. The molecule has 2 saturated carbocycles. The van der Waals surface area contributed by atoms with Crippen molar-refractivity contribution >= 4 is 34.2 Å². The third-order valence-corrected chi connectivity index (χ3v) is 9.51. The zero-order chi connectivity index (χ0) is 24.7. The molecule has 2 aliphatic rings. The minimum absolute atomic E-state index is 0.234. The van der Waals surface area contributed by atoms with Crippen LogP contribution < -0.4 is 18.4 Å². The lowest BCUT2D eigenvalue weighted by Crippen LogP contribution is -2.38. The molecule has 3 aromatic rings. The van der Waals surface area contributed by atoms with Crippen LogP contribution in [0.15, 0.2) is 70.6 Å². The van der Waals surface area contributed by atoms with Gasteiger partial charge in [0.05, 0.1) is 12.1 Å². The van der Waals surface area contributed by atoms with E-state index in [0.717, 1.165) is 55.2 Å². The smallest absolute Gasteiger partial charge is 0.143 e. The van der Waals surface area contributed by atoms with Crippen molar-refractivity contribution in [2.45, 2.75) is 76.3 Å². The summed E-state index contributed by atoms with van der Waals surface area (Å²) in [6, 6.07) is 19.9. The van der Waals surface area contributed by atoms with Crippen LogP contribution in [0.5, 0.6) is 0 Å². The molecule has 6 heteroatoms. The Hall–Kier alpha value is -2.70. The van der Waals surface area contributed by atoms with Gasteiger partial charge in [-0.25, -0.2) is 0 Å². The molecule has 0 saturated heterocycles. The van der Waals surface area contributed by atoms with E-state index in [1.807, 2.05) is 60.7 Å². The first-order valence-corrected chi connectivity index (χ1v) is 14.8. The second-order valence-corrected chi connectivity index (χ2v) is 11.7. The average molecular weight is 519 g/mol. The van der Waals surface area contributed by atoms with E-state index in [-0.39, 0.29) is 23.6 Å². The van der Waals surface area contributed by atoms with Crippen LogP contribution in [-0.4, -0.2) is 22.3 Å². The van der Waals surface area contributed by atoms with Crippen LogP contribution in [0.3, 0.4) is 0 Å². The molecule has 1 heterocycles. The molecule has 0 amide bonds. The molecule has 0 spiro atoms. The number of hydrogen-bond donors (Lipinski definition) is 2. The molecule has 5 rings (SSSR count). The van der Waals surface area contributed by atoms with Crippen molar-refractivity contribution < 1.29 is 10.2 Å². The fourth-order valence-electron chi connectivity index (χ4n) is 5.05. The van der Waals surface area contributed by atoms with E-state index < -0.39 is 0 Å². The maximum Gasteiger partial charge on any atom is 0.143 e. The Morgan fingerprint density at radius 2 is 0.917 bits per heavy atom. The highest BCUT2D eigenvalue weighted by Gasteiger charge is 2.16. The predicted molar refractivity (Wildman–Crippen MR) is 149 cm³/mol. The van der Waals surface area contributed by atoms with Crippen LogP contribution in [0.2, 0.25) is 0 Å². The SMILES string of the molecule is O/C(c1ccccc1)=c1\sc(=NC2CCCCC2)/c(=C(\O)c2ccccc2)sc1=NC1CCCCC1. The van der Waals surface area contributed by atoms with E-state index in [2.05, 4.69) is 0 Å². The molecule has 0 aliphatic heterocycles. The van der Waals surface area contributed by atoms with Gasteiger partial charge >= 0.3 is 0 Å². The second-order valence-electron chi connectivity index (χ2n) is 9.74. The topological polar surface area (TPSA) is 65.2 Å². The van der Waals surface area contributed by atoms with Crippen molar-refractivity contribution in [2.75, 3.05) is 0 Å². The van der Waals surface area contributed by atoms with Crippen LogP contribution in [0.1, 0.15) is 75.3 Å². The normalized spacial score (nSPS) is 20.3. The summed E-state index contributed by atoms with van der Waals surface area (Å²) in [6.07, 6.45) is 11.6. The Kier molecular flexibility index (Phi) is 8.34. The molecule has 2 fully saturated rings. The van der Waals surface area contributed by atoms with Crippen molar-refractivity contribution in [2.24, 2.45) is 9.98 Å². The molecular formula is C30H34N2O2S2. The minimum atomic E-state index is 0.234. The molecule has 188 valence electrons. The summed E-state index contributed by atoms with van der Waals surface area (Å²) in [7, 11) is 0. The van der Waals surface area contributed by atoms with Crippen molar-refractivity contribution in [3.63, 3.8) is 0 Å². The van der Waals surface area contributed by atoms with Crippen molar-refractivity contribution in [3.05, 3.63) is 90.2 Å². The largest absolute Gasteiger partial charge is 0.506 e. The number of nitrogens with zero attached hydrogens (tertiary/aromatic N) is 2. The molecular weight excluding hydrogens is 484 g/mol. The van der Waals surface area contributed by atoms with Gasteiger partial charge in [-0.1, -0.05) is 99.2 Å². The van der Waals surface area contributed by atoms with Crippen LogP contribution in [0.4, 0.5) is 0 Å². The highest BCUT2D eigenvalue weighted by molar-refractivity contribution is 7.14. The first-order valence-electron chi connectivity index (χ1n) is 13.2. The van der Waals surface area contributed by atoms with Gasteiger partial charge in [-0.2, -0.15) is 0 Å². The standard InChI is InChI=1S/C30H34N2O2S2/c33-25(21-13-5-1-6-14-21)27-29(31-23-17-9-3-10-18-23)36-28(26(34)22-15-7-2-8-16-22)30(35-27)32-24-19-11-4-12-20-24/h1-2,5-8,13-16,23-24,33-34H,3-4,9-12,17-20H2/b27-25-,28-26+,31-29?,32-30?. The monoisotopic (exact) mass is 518 g/mol. The van der Waals surface area contributed by atoms with Crippen molar-refractivity contribution in [1.82, 2.24) is 0 Å². The van der Waals surface area contributed by atoms with Crippen molar-refractivity contribution in [1.29, 1.82) is 0 Å².